The van der Waals surface area contributed by atoms with E-state index in [0.717, 1.165) is 0 Å². The summed E-state index contributed by atoms with van der Waals surface area (Å²) in [6, 6.07) is 10.4. The molecule has 2 unspecified atom stereocenters. The number of rotatable bonds is 7. The summed E-state index contributed by atoms with van der Waals surface area (Å²) in [5.41, 5.74) is 1.18. The van der Waals surface area contributed by atoms with Gasteiger partial charge in [-0.3, -0.25) is 0 Å². The van der Waals surface area contributed by atoms with Gasteiger partial charge in [-0.25, -0.2) is 0 Å². The lowest BCUT2D eigenvalue weighted by Crippen LogP contribution is -2.37. The molecule has 16 heavy (non-hydrogen) atoms. The first kappa shape index (κ1) is 13.2. The summed E-state index contributed by atoms with van der Waals surface area (Å²) in [5, 5.41) is 3.24. The van der Waals surface area contributed by atoms with Gasteiger partial charge in [-0.05, 0) is 19.5 Å². The number of benzene rings is 1. The van der Waals surface area contributed by atoms with E-state index >= 15 is 0 Å². The first-order chi connectivity index (χ1) is 7.83. The van der Waals surface area contributed by atoms with E-state index in [4.69, 9.17) is 9.47 Å². The molecule has 90 valence electrons. The van der Waals surface area contributed by atoms with Crippen LogP contribution in [0.4, 0.5) is 0 Å². The highest BCUT2D eigenvalue weighted by Crippen LogP contribution is 2.21. The van der Waals surface area contributed by atoms with Gasteiger partial charge in [0.1, 0.15) is 0 Å². The van der Waals surface area contributed by atoms with Crippen LogP contribution >= 0.6 is 0 Å². The van der Waals surface area contributed by atoms with E-state index in [1.807, 2.05) is 32.2 Å². The molecule has 0 fully saturated rings. The fraction of sp³-hybridized carbons (Fsp3) is 0.538. The second-order valence-electron chi connectivity index (χ2n) is 3.64. The predicted molar refractivity (Wildman–Crippen MR) is 65.5 cm³/mol. The average molecular weight is 223 g/mol. The van der Waals surface area contributed by atoms with Crippen LogP contribution in [0, 0.1) is 0 Å². The van der Waals surface area contributed by atoms with E-state index in [-0.39, 0.29) is 12.1 Å². The molecule has 0 saturated carbocycles. The first-order valence-corrected chi connectivity index (χ1v) is 5.66. The second kappa shape index (κ2) is 7.39. The van der Waals surface area contributed by atoms with Crippen LogP contribution in [0.1, 0.15) is 18.6 Å². The van der Waals surface area contributed by atoms with Crippen molar-refractivity contribution in [1.82, 2.24) is 5.32 Å². The minimum Gasteiger partial charge on any atom is -0.383 e. The molecule has 1 aromatic carbocycles. The first-order valence-electron chi connectivity index (χ1n) is 5.66. The van der Waals surface area contributed by atoms with Gasteiger partial charge in [-0.15, -0.1) is 0 Å². The summed E-state index contributed by atoms with van der Waals surface area (Å²) < 4.78 is 11.0. The highest BCUT2D eigenvalue weighted by atomic mass is 16.5. The molecule has 1 rings (SSSR count). The largest absolute Gasteiger partial charge is 0.383 e. The minimum atomic E-state index is 0.0381. The molecular weight excluding hydrogens is 202 g/mol. The van der Waals surface area contributed by atoms with Crippen LogP contribution in [0.3, 0.4) is 0 Å². The van der Waals surface area contributed by atoms with Crippen molar-refractivity contribution < 1.29 is 9.47 Å². The molecule has 0 spiro atoms. The Balaban J connectivity index is 2.80. The Kier molecular flexibility index (Phi) is 6.08. The Morgan fingerprint density at radius 2 is 1.94 bits per heavy atom. The van der Waals surface area contributed by atoms with Gasteiger partial charge in [0, 0.05) is 13.7 Å². The van der Waals surface area contributed by atoms with Crippen LogP contribution in [-0.2, 0) is 9.47 Å². The smallest absolute Gasteiger partial charge is 0.1000 e. The van der Waals surface area contributed by atoms with Gasteiger partial charge in [0.2, 0.25) is 0 Å². The Labute approximate surface area is 97.8 Å². The van der Waals surface area contributed by atoms with Crippen molar-refractivity contribution in [2.24, 2.45) is 0 Å². The van der Waals surface area contributed by atoms with Crippen molar-refractivity contribution in [3.8, 4) is 0 Å². The molecule has 1 aromatic rings. The van der Waals surface area contributed by atoms with Crippen molar-refractivity contribution in [3.05, 3.63) is 35.9 Å². The maximum Gasteiger partial charge on any atom is 0.1000 e. The monoisotopic (exact) mass is 223 g/mol. The summed E-state index contributed by atoms with van der Waals surface area (Å²) in [6.45, 7) is 3.34. The van der Waals surface area contributed by atoms with E-state index in [2.05, 4.69) is 17.4 Å². The zero-order chi connectivity index (χ0) is 11.8. The summed E-state index contributed by atoms with van der Waals surface area (Å²) in [4.78, 5) is 0. The van der Waals surface area contributed by atoms with Gasteiger partial charge in [0.25, 0.3) is 0 Å². The third kappa shape index (κ3) is 3.59. The predicted octanol–water partition coefficient (Wildman–Crippen LogP) is 2.00. The van der Waals surface area contributed by atoms with Gasteiger partial charge in [0.05, 0.1) is 18.8 Å². The van der Waals surface area contributed by atoms with E-state index < -0.39 is 0 Å². The van der Waals surface area contributed by atoms with Gasteiger partial charge < -0.3 is 14.8 Å². The van der Waals surface area contributed by atoms with Crippen LogP contribution in [-0.4, -0.2) is 33.4 Å². The molecule has 0 radical (unpaired) electrons. The molecule has 0 heterocycles. The van der Waals surface area contributed by atoms with Crippen molar-refractivity contribution >= 4 is 0 Å². The molecule has 0 amide bonds. The van der Waals surface area contributed by atoms with Crippen LogP contribution in [0.2, 0.25) is 0 Å². The second-order valence-corrected chi connectivity index (χ2v) is 3.64. The number of ether oxygens (including phenoxy) is 2. The van der Waals surface area contributed by atoms with Crippen LogP contribution in [0.25, 0.3) is 0 Å². The topological polar surface area (TPSA) is 30.5 Å². The Bertz CT molecular complexity index is 277. The number of methoxy groups -OCH3 is 1. The molecule has 0 saturated heterocycles. The molecule has 0 aliphatic heterocycles. The number of hydrogen-bond donors (Lipinski definition) is 1. The standard InChI is InChI=1S/C13H21NO2/c1-4-16-13(12(14-2)10-15-3)11-8-6-5-7-9-11/h5-9,12-14H,4,10H2,1-3H3. The fourth-order valence-corrected chi connectivity index (χ4v) is 1.77. The fourth-order valence-electron chi connectivity index (χ4n) is 1.77. The molecule has 0 aliphatic carbocycles. The lowest BCUT2D eigenvalue weighted by molar-refractivity contribution is 0.0104. The minimum absolute atomic E-state index is 0.0381. The van der Waals surface area contributed by atoms with E-state index in [9.17, 15) is 0 Å². The van der Waals surface area contributed by atoms with Crippen LogP contribution in [0.15, 0.2) is 30.3 Å². The van der Waals surface area contributed by atoms with E-state index in [1.165, 1.54) is 5.56 Å². The van der Waals surface area contributed by atoms with Crippen molar-refractivity contribution in [1.29, 1.82) is 0 Å². The molecule has 3 heteroatoms. The van der Waals surface area contributed by atoms with Gasteiger partial charge in [0.15, 0.2) is 0 Å². The zero-order valence-electron chi connectivity index (χ0n) is 10.3. The van der Waals surface area contributed by atoms with Gasteiger partial charge in [-0.2, -0.15) is 0 Å². The summed E-state index contributed by atoms with van der Waals surface area (Å²) >= 11 is 0. The normalized spacial score (nSPS) is 14.7. The molecule has 0 aromatic heterocycles. The molecule has 2 atom stereocenters. The van der Waals surface area contributed by atoms with Crippen molar-refractivity contribution in [3.63, 3.8) is 0 Å². The Morgan fingerprint density at radius 3 is 2.44 bits per heavy atom. The van der Waals surface area contributed by atoms with Crippen molar-refractivity contribution in [2.45, 2.75) is 19.1 Å². The maximum absolute atomic E-state index is 5.79. The lowest BCUT2D eigenvalue weighted by Gasteiger charge is -2.26. The Morgan fingerprint density at radius 1 is 1.25 bits per heavy atom. The van der Waals surface area contributed by atoms with Crippen LogP contribution < -0.4 is 5.32 Å². The summed E-state index contributed by atoms with van der Waals surface area (Å²) in [7, 11) is 3.64. The highest BCUT2D eigenvalue weighted by Gasteiger charge is 2.21. The lowest BCUT2D eigenvalue weighted by atomic mass is 10.0. The third-order valence-electron chi connectivity index (χ3n) is 2.56. The number of nitrogens with one attached hydrogen (secondary N) is 1. The molecule has 0 aliphatic rings. The molecule has 1 N–H and O–H groups in total. The number of hydrogen-bond acceptors (Lipinski definition) is 3. The summed E-state index contributed by atoms with van der Waals surface area (Å²) in [5.74, 6) is 0. The average Bonchev–Trinajstić information content (AvgIpc) is 2.35. The van der Waals surface area contributed by atoms with Crippen molar-refractivity contribution in [2.75, 3.05) is 27.4 Å². The third-order valence-corrected chi connectivity index (χ3v) is 2.56. The van der Waals surface area contributed by atoms with E-state index in [1.54, 1.807) is 7.11 Å². The van der Waals surface area contributed by atoms with Gasteiger partial charge in [-0.1, -0.05) is 30.3 Å². The molecular formula is C13H21NO2. The van der Waals surface area contributed by atoms with Gasteiger partial charge >= 0.3 is 0 Å². The summed E-state index contributed by atoms with van der Waals surface area (Å²) in [6.07, 6.45) is 0.0381. The van der Waals surface area contributed by atoms with Crippen LogP contribution in [0.5, 0.6) is 0 Å². The SMILES string of the molecule is CCOC(c1ccccc1)C(COC)NC. The quantitative estimate of drug-likeness (QED) is 0.767. The highest BCUT2D eigenvalue weighted by molar-refractivity contribution is 5.19. The zero-order valence-corrected chi connectivity index (χ0v) is 10.3. The maximum atomic E-state index is 5.79. The molecule has 3 nitrogen and oxygen atoms in total. The number of likely N-dealkylation sites (N-methyl/N-ethyl adjacent to an activating group) is 1. The molecule has 0 bridgehead atoms. The van der Waals surface area contributed by atoms with E-state index in [0.29, 0.717) is 13.2 Å². The Hall–Kier alpha value is -0.900.